The largest absolute Gasteiger partial charge is 0.513 e. The van der Waals surface area contributed by atoms with Gasteiger partial charge in [0.05, 0.1) is 19.1 Å². The number of amides is 1. The van der Waals surface area contributed by atoms with Crippen molar-refractivity contribution in [1.29, 1.82) is 0 Å². The van der Waals surface area contributed by atoms with E-state index in [4.69, 9.17) is 0 Å². The zero-order valence-corrected chi connectivity index (χ0v) is 14.6. The van der Waals surface area contributed by atoms with Gasteiger partial charge in [0, 0.05) is 26.2 Å². The zero-order valence-electron chi connectivity index (χ0n) is 14.6. The highest BCUT2D eigenvalue weighted by atomic mass is 16.7. The van der Waals surface area contributed by atoms with Gasteiger partial charge in [0.25, 0.3) is 5.69 Å². The van der Waals surface area contributed by atoms with Gasteiger partial charge in [-0.2, -0.15) is 0 Å². The third-order valence-corrected chi connectivity index (χ3v) is 1.96. The van der Waals surface area contributed by atoms with E-state index in [2.05, 4.69) is 19.5 Å². The van der Waals surface area contributed by atoms with Gasteiger partial charge in [-0.05, 0) is 26.2 Å². The number of carbonyl (C=O) groups excluding carboxylic acids is 2. The number of non-ortho nitro benzene ring substituents is 1. The van der Waals surface area contributed by atoms with Gasteiger partial charge in [-0.1, -0.05) is 0 Å². The maximum atomic E-state index is 10.6. The summed E-state index contributed by atoms with van der Waals surface area (Å²) >= 11 is 0. The molecule has 0 bridgehead atoms. The minimum atomic E-state index is -0.862. The molecule has 0 aliphatic carbocycles. The molecule has 10 nitrogen and oxygen atoms in total. The Bertz CT molecular complexity index is 504. The molecule has 24 heavy (non-hydrogen) atoms. The quantitative estimate of drug-likeness (QED) is 0.373. The van der Waals surface area contributed by atoms with E-state index in [9.17, 15) is 19.7 Å². The first kappa shape index (κ1) is 23.4. The number of hydrogen-bond donors (Lipinski definition) is 1. The molecule has 0 heterocycles. The van der Waals surface area contributed by atoms with E-state index >= 15 is 0 Å². The van der Waals surface area contributed by atoms with Crippen LogP contribution in [0.2, 0.25) is 0 Å². The van der Waals surface area contributed by atoms with Gasteiger partial charge < -0.3 is 24.4 Å². The van der Waals surface area contributed by atoms with Crippen LogP contribution in [0.3, 0.4) is 0 Å². The van der Waals surface area contributed by atoms with Crippen LogP contribution in [-0.4, -0.2) is 64.5 Å². The molecule has 0 spiro atoms. The minimum absolute atomic E-state index is 0.0674. The number of nitro groups is 1. The standard InChI is InChI=1S/C8H7NO5.C4H9NO2.C2H7N/c1-13-8(10)14-7-4-2-6(3-5-7)9(11)12;1-5(2)4(6)7-3;1-3-2/h2-5H,1H3;1-3H3;3H,1-2H3. The highest BCUT2D eigenvalue weighted by Crippen LogP contribution is 2.17. The maximum absolute atomic E-state index is 10.6. The summed E-state index contributed by atoms with van der Waals surface area (Å²) < 4.78 is 13.1. The lowest BCUT2D eigenvalue weighted by molar-refractivity contribution is -0.384. The van der Waals surface area contributed by atoms with Crippen LogP contribution in [0.25, 0.3) is 0 Å². The van der Waals surface area contributed by atoms with Gasteiger partial charge in [0.2, 0.25) is 0 Å². The molecule has 10 heteroatoms. The molecule has 136 valence electrons. The maximum Gasteiger partial charge on any atom is 0.513 e. The molecule has 0 saturated heterocycles. The van der Waals surface area contributed by atoms with Crippen molar-refractivity contribution >= 4 is 17.9 Å². The predicted molar refractivity (Wildman–Crippen MR) is 87.2 cm³/mol. The fourth-order valence-corrected chi connectivity index (χ4v) is 0.956. The fraction of sp³-hybridized carbons (Fsp3) is 0.429. The van der Waals surface area contributed by atoms with Crippen LogP contribution in [0.1, 0.15) is 0 Å². The predicted octanol–water partition coefficient (Wildman–Crippen LogP) is 1.89. The Morgan fingerprint density at radius 3 is 1.79 bits per heavy atom. The van der Waals surface area contributed by atoms with Crippen molar-refractivity contribution in [3.8, 4) is 5.75 Å². The van der Waals surface area contributed by atoms with E-state index in [1.807, 2.05) is 14.1 Å². The first-order valence-electron chi connectivity index (χ1n) is 6.57. The van der Waals surface area contributed by atoms with Crippen LogP contribution in [0.4, 0.5) is 15.3 Å². The molecule has 0 atom stereocenters. The number of methoxy groups -OCH3 is 2. The van der Waals surface area contributed by atoms with Crippen LogP contribution in [0, 0.1) is 10.1 Å². The van der Waals surface area contributed by atoms with Gasteiger partial charge in [-0.15, -0.1) is 0 Å². The Hall–Kier alpha value is -2.88. The second kappa shape index (κ2) is 13.8. The number of carbonyl (C=O) groups is 2. The molecule has 0 fully saturated rings. The Morgan fingerprint density at radius 2 is 1.54 bits per heavy atom. The number of nitrogens with zero attached hydrogens (tertiary/aromatic N) is 2. The Kier molecular flexibility index (Phi) is 13.4. The van der Waals surface area contributed by atoms with Crippen molar-refractivity contribution in [3.63, 3.8) is 0 Å². The average molecular weight is 345 g/mol. The van der Waals surface area contributed by atoms with Crippen molar-refractivity contribution in [2.45, 2.75) is 0 Å². The van der Waals surface area contributed by atoms with Crippen molar-refractivity contribution < 1.29 is 28.7 Å². The lowest BCUT2D eigenvalue weighted by atomic mass is 10.3. The number of nitrogens with one attached hydrogen (secondary N) is 1. The number of ether oxygens (including phenoxy) is 3. The topological polar surface area (TPSA) is 120 Å². The molecule has 0 unspecified atom stereocenters. The molecule has 1 amide bonds. The number of benzene rings is 1. The smallest absolute Gasteiger partial charge is 0.453 e. The van der Waals surface area contributed by atoms with Crippen LogP contribution >= 0.6 is 0 Å². The van der Waals surface area contributed by atoms with Gasteiger partial charge in [0.15, 0.2) is 0 Å². The third-order valence-electron chi connectivity index (χ3n) is 1.96. The van der Waals surface area contributed by atoms with E-state index in [1.54, 1.807) is 14.1 Å². The summed E-state index contributed by atoms with van der Waals surface area (Å²) in [7, 11) is 9.54. The van der Waals surface area contributed by atoms with Gasteiger partial charge in [-0.3, -0.25) is 10.1 Å². The van der Waals surface area contributed by atoms with Gasteiger partial charge in [0.1, 0.15) is 5.75 Å². The lowest BCUT2D eigenvalue weighted by Gasteiger charge is -2.05. The summed E-state index contributed by atoms with van der Waals surface area (Å²) in [5.74, 6) is 0.197. The number of nitro benzene ring substituents is 1. The number of rotatable bonds is 2. The molecule has 0 aliphatic heterocycles. The molecule has 1 aromatic rings. The second-order valence-corrected chi connectivity index (χ2v) is 4.17. The molecule has 0 saturated carbocycles. The fourth-order valence-electron chi connectivity index (χ4n) is 0.956. The van der Waals surface area contributed by atoms with Crippen LogP contribution in [0.15, 0.2) is 24.3 Å². The molecule has 0 aliphatic rings. The summed E-state index contributed by atoms with van der Waals surface area (Å²) in [5.41, 5.74) is -0.0674. The van der Waals surface area contributed by atoms with Crippen molar-refractivity contribution in [3.05, 3.63) is 34.4 Å². The summed E-state index contributed by atoms with van der Waals surface area (Å²) in [6.45, 7) is 0. The van der Waals surface area contributed by atoms with Crippen LogP contribution in [-0.2, 0) is 9.47 Å². The molecule has 1 rings (SSSR count). The molecule has 1 N–H and O–H groups in total. The van der Waals surface area contributed by atoms with Crippen LogP contribution in [0.5, 0.6) is 5.75 Å². The first-order chi connectivity index (χ1) is 11.2. The summed E-state index contributed by atoms with van der Waals surface area (Å²) in [6.07, 6.45) is -1.18. The highest BCUT2D eigenvalue weighted by Gasteiger charge is 2.07. The molecule has 1 aromatic carbocycles. The van der Waals surface area contributed by atoms with E-state index in [1.165, 1.54) is 43.4 Å². The Balaban J connectivity index is 0. The third kappa shape index (κ3) is 11.7. The molecule has 0 radical (unpaired) electrons. The lowest BCUT2D eigenvalue weighted by Crippen LogP contribution is -2.20. The van der Waals surface area contributed by atoms with E-state index < -0.39 is 11.1 Å². The van der Waals surface area contributed by atoms with E-state index in [-0.39, 0.29) is 17.5 Å². The van der Waals surface area contributed by atoms with E-state index in [0.717, 1.165) is 0 Å². The number of hydrogen-bond acceptors (Lipinski definition) is 8. The van der Waals surface area contributed by atoms with E-state index in [0.29, 0.717) is 0 Å². The first-order valence-corrected chi connectivity index (χ1v) is 6.57. The second-order valence-electron chi connectivity index (χ2n) is 4.17. The molecule has 0 aromatic heterocycles. The monoisotopic (exact) mass is 345 g/mol. The zero-order chi connectivity index (χ0) is 19.1. The Morgan fingerprint density at radius 1 is 1.08 bits per heavy atom. The van der Waals surface area contributed by atoms with Gasteiger partial charge in [-0.25, -0.2) is 9.59 Å². The molecular weight excluding hydrogens is 322 g/mol. The normalized spacial score (nSPS) is 8.42. The summed E-state index contributed by atoms with van der Waals surface area (Å²) in [4.78, 5) is 31.9. The highest BCUT2D eigenvalue weighted by molar-refractivity contribution is 5.66. The van der Waals surface area contributed by atoms with Crippen molar-refractivity contribution in [2.24, 2.45) is 0 Å². The average Bonchev–Trinajstić information content (AvgIpc) is 2.55. The summed E-state index contributed by atoms with van der Waals surface area (Å²) in [5, 5.41) is 13.0. The summed E-state index contributed by atoms with van der Waals surface area (Å²) in [6, 6.07) is 5.10. The van der Waals surface area contributed by atoms with Crippen molar-refractivity contribution in [1.82, 2.24) is 10.2 Å². The molecular formula is C14H23N3O7. The van der Waals surface area contributed by atoms with Gasteiger partial charge >= 0.3 is 12.2 Å². The van der Waals surface area contributed by atoms with Crippen LogP contribution < -0.4 is 10.1 Å². The minimum Gasteiger partial charge on any atom is -0.453 e. The SMILES string of the molecule is CNC.COC(=O)N(C)C.COC(=O)Oc1ccc([N+](=O)[O-])cc1. The van der Waals surface area contributed by atoms with Crippen molar-refractivity contribution in [2.75, 3.05) is 42.4 Å². The Labute approximate surface area is 140 Å².